The van der Waals surface area contributed by atoms with E-state index in [9.17, 15) is 9.59 Å². The molecule has 5 rings (SSSR count). The van der Waals surface area contributed by atoms with Crippen LogP contribution in [0.3, 0.4) is 0 Å². The van der Waals surface area contributed by atoms with Crippen LogP contribution in [0.1, 0.15) is 39.4 Å². The number of aromatic nitrogens is 2. The van der Waals surface area contributed by atoms with Gasteiger partial charge in [0, 0.05) is 25.0 Å². The van der Waals surface area contributed by atoms with E-state index < -0.39 is 0 Å². The van der Waals surface area contributed by atoms with Crippen LogP contribution in [-0.2, 0) is 11.3 Å². The van der Waals surface area contributed by atoms with Gasteiger partial charge in [-0.25, -0.2) is 9.97 Å². The third kappa shape index (κ3) is 4.78. The number of morpholine rings is 1. The molecule has 0 saturated carbocycles. The Bertz CT molecular complexity index is 1140. The minimum absolute atomic E-state index is 0.183. The van der Waals surface area contributed by atoms with E-state index in [1.54, 1.807) is 36.0 Å². The number of ether oxygens (including phenoxy) is 1. The topological polar surface area (TPSA) is 75.6 Å². The van der Waals surface area contributed by atoms with Crippen LogP contribution in [0, 0.1) is 0 Å². The summed E-state index contributed by atoms with van der Waals surface area (Å²) in [6.45, 7) is 4.47. The first kappa shape index (κ1) is 22.0. The number of hydrogen-bond acceptors (Lipinski definition) is 7. The summed E-state index contributed by atoms with van der Waals surface area (Å²) in [6.07, 6.45) is 1.65. The van der Waals surface area contributed by atoms with Crippen molar-refractivity contribution in [3.8, 4) is 0 Å². The molecule has 33 heavy (non-hydrogen) atoms. The minimum Gasteiger partial charge on any atom is -0.379 e. The number of carbonyl (C=O) groups excluding carboxylic acids is 2. The van der Waals surface area contributed by atoms with E-state index in [0.29, 0.717) is 17.7 Å². The number of carbonyl (C=O) groups is 2. The van der Waals surface area contributed by atoms with Crippen molar-refractivity contribution < 1.29 is 14.3 Å². The van der Waals surface area contributed by atoms with E-state index in [2.05, 4.69) is 11.0 Å². The summed E-state index contributed by atoms with van der Waals surface area (Å²) >= 11 is 1.71. The molecule has 2 amide bonds. The second kappa shape index (κ2) is 9.99. The van der Waals surface area contributed by atoms with Gasteiger partial charge in [0.15, 0.2) is 0 Å². The zero-order valence-electron chi connectivity index (χ0n) is 18.4. The molecule has 3 heterocycles. The first-order chi connectivity index (χ1) is 16.2. The highest BCUT2D eigenvalue weighted by Gasteiger charge is 2.34. The predicted molar refractivity (Wildman–Crippen MR) is 127 cm³/mol. The number of benzene rings is 2. The molecule has 170 valence electrons. The van der Waals surface area contributed by atoms with Crippen LogP contribution in [0.4, 0.5) is 0 Å². The van der Waals surface area contributed by atoms with Gasteiger partial charge in [-0.2, -0.15) is 0 Å². The maximum atomic E-state index is 12.5. The van der Waals surface area contributed by atoms with Gasteiger partial charge in [0.05, 0.1) is 36.4 Å². The molecule has 8 heteroatoms. The van der Waals surface area contributed by atoms with Crippen molar-refractivity contribution in [3.05, 3.63) is 65.5 Å². The Balaban J connectivity index is 1.19. The quantitative estimate of drug-likeness (QED) is 0.219. The maximum absolute atomic E-state index is 12.5. The molecule has 2 aromatic carbocycles. The zero-order valence-corrected chi connectivity index (χ0v) is 19.2. The van der Waals surface area contributed by atoms with Crippen LogP contribution in [0.2, 0.25) is 0 Å². The number of unbranched alkanes of at least 4 members (excludes halogenated alkanes) is 1. The molecule has 2 aliphatic rings. The normalized spacial score (nSPS) is 16.5. The Morgan fingerprint density at radius 1 is 0.879 bits per heavy atom. The monoisotopic (exact) mass is 462 g/mol. The van der Waals surface area contributed by atoms with E-state index in [-0.39, 0.29) is 11.8 Å². The standard InChI is InChI=1S/C25H26N4O3S/c30-24-18-7-1-2-8-19(18)25(31)29(24)11-5-6-16-33-23-20-9-3-4-10-21(20)26-22(27-23)17-28-12-14-32-15-13-28/h1-4,7-10H,5-6,11-17H2. The fraction of sp³-hybridized carbons (Fsp3) is 0.360. The minimum atomic E-state index is -0.183. The fourth-order valence-corrected chi connectivity index (χ4v) is 5.26. The predicted octanol–water partition coefficient (Wildman–Crippen LogP) is 3.63. The van der Waals surface area contributed by atoms with Gasteiger partial charge in [-0.15, -0.1) is 11.8 Å². The summed E-state index contributed by atoms with van der Waals surface area (Å²) in [6, 6.07) is 15.2. The fourth-order valence-electron chi connectivity index (χ4n) is 4.22. The summed E-state index contributed by atoms with van der Waals surface area (Å²) in [5, 5.41) is 2.05. The SMILES string of the molecule is O=C1c2ccccc2C(=O)N1CCCCSc1nc(CN2CCOCC2)nc2ccccc12. The highest BCUT2D eigenvalue weighted by atomic mass is 32.2. The Hall–Kier alpha value is -2.81. The lowest BCUT2D eigenvalue weighted by molar-refractivity contribution is 0.0330. The number of hydrogen-bond donors (Lipinski definition) is 0. The van der Waals surface area contributed by atoms with E-state index >= 15 is 0 Å². The maximum Gasteiger partial charge on any atom is 0.261 e. The van der Waals surface area contributed by atoms with Crippen LogP contribution in [0.5, 0.6) is 0 Å². The average molecular weight is 463 g/mol. The molecular weight excluding hydrogens is 436 g/mol. The Morgan fingerprint density at radius 3 is 2.33 bits per heavy atom. The highest BCUT2D eigenvalue weighted by molar-refractivity contribution is 7.99. The van der Waals surface area contributed by atoms with Crippen molar-refractivity contribution in [1.29, 1.82) is 0 Å². The highest BCUT2D eigenvalue weighted by Crippen LogP contribution is 2.27. The third-order valence-corrected chi connectivity index (χ3v) is 7.05. The van der Waals surface area contributed by atoms with Gasteiger partial charge in [0.2, 0.25) is 0 Å². The summed E-state index contributed by atoms with van der Waals surface area (Å²) in [4.78, 5) is 38.4. The van der Waals surface area contributed by atoms with Crippen LogP contribution in [0.15, 0.2) is 53.6 Å². The molecule has 0 aliphatic carbocycles. The molecular formula is C25H26N4O3S. The van der Waals surface area contributed by atoms with Crippen LogP contribution >= 0.6 is 11.8 Å². The number of nitrogens with zero attached hydrogens (tertiary/aromatic N) is 4. The molecule has 7 nitrogen and oxygen atoms in total. The van der Waals surface area contributed by atoms with Crippen molar-refractivity contribution >= 4 is 34.5 Å². The zero-order chi connectivity index (χ0) is 22.6. The molecule has 0 unspecified atom stereocenters. The summed E-state index contributed by atoms with van der Waals surface area (Å²) in [5.41, 5.74) is 1.98. The van der Waals surface area contributed by atoms with E-state index in [1.807, 2.05) is 18.2 Å². The molecule has 3 aromatic rings. The lowest BCUT2D eigenvalue weighted by Crippen LogP contribution is -2.36. The lowest BCUT2D eigenvalue weighted by atomic mass is 10.1. The van der Waals surface area contributed by atoms with Crippen molar-refractivity contribution in [2.45, 2.75) is 24.4 Å². The Morgan fingerprint density at radius 2 is 1.58 bits per heavy atom. The molecule has 1 aromatic heterocycles. The molecule has 1 saturated heterocycles. The largest absolute Gasteiger partial charge is 0.379 e. The van der Waals surface area contributed by atoms with Crippen LogP contribution < -0.4 is 0 Å². The first-order valence-electron chi connectivity index (χ1n) is 11.3. The molecule has 2 aliphatic heterocycles. The summed E-state index contributed by atoms with van der Waals surface area (Å²) in [7, 11) is 0. The molecule has 1 fully saturated rings. The van der Waals surface area contributed by atoms with Gasteiger partial charge >= 0.3 is 0 Å². The van der Waals surface area contributed by atoms with Crippen molar-refractivity contribution in [1.82, 2.24) is 19.8 Å². The smallest absolute Gasteiger partial charge is 0.261 e. The van der Waals surface area contributed by atoms with E-state index in [1.165, 1.54) is 4.90 Å². The molecule has 0 atom stereocenters. The van der Waals surface area contributed by atoms with Gasteiger partial charge in [-0.1, -0.05) is 30.3 Å². The molecule has 0 N–H and O–H groups in total. The van der Waals surface area contributed by atoms with Gasteiger partial charge < -0.3 is 4.74 Å². The van der Waals surface area contributed by atoms with Crippen LogP contribution in [0.25, 0.3) is 10.9 Å². The van der Waals surface area contributed by atoms with Gasteiger partial charge in [0.25, 0.3) is 11.8 Å². The van der Waals surface area contributed by atoms with Gasteiger partial charge in [-0.3, -0.25) is 19.4 Å². The number of imide groups is 1. The van der Waals surface area contributed by atoms with Gasteiger partial charge in [-0.05, 0) is 36.8 Å². The van der Waals surface area contributed by atoms with Crippen LogP contribution in [-0.4, -0.2) is 70.2 Å². The second-order valence-corrected chi connectivity index (χ2v) is 9.30. The van der Waals surface area contributed by atoms with Crippen molar-refractivity contribution in [2.75, 3.05) is 38.6 Å². The Labute approximate surface area is 197 Å². The second-order valence-electron chi connectivity index (χ2n) is 8.21. The number of fused-ring (bicyclic) bond motifs is 2. The van der Waals surface area contributed by atoms with Gasteiger partial charge in [0.1, 0.15) is 10.9 Å². The summed E-state index contributed by atoms with van der Waals surface area (Å²) < 4.78 is 5.44. The molecule has 0 bridgehead atoms. The van der Waals surface area contributed by atoms with E-state index in [0.717, 1.165) is 73.2 Å². The number of rotatable bonds is 8. The Kier molecular flexibility index (Phi) is 6.66. The lowest BCUT2D eigenvalue weighted by Gasteiger charge is -2.25. The molecule has 0 spiro atoms. The molecule has 0 radical (unpaired) electrons. The van der Waals surface area contributed by atoms with E-state index in [4.69, 9.17) is 14.7 Å². The number of amides is 2. The summed E-state index contributed by atoms with van der Waals surface area (Å²) in [5.74, 6) is 1.33. The number of para-hydroxylation sites is 1. The number of thioether (sulfide) groups is 1. The third-order valence-electron chi connectivity index (χ3n) is 5.98. The average Bonchev–Trinajstić information content (AvgIpc) is 3.09. The van der Waals surface area contributed by atoms with Crippen molar-refractivity contribution in [3.63, 3.8) is 0 Å². The van der Waals surface area contributed by atoms with Crippen molar-refractivity contribution in [2.24, 2.45) is 0 Å². The first-order valence-corrected chi connectivity index (χ1v) is 12.3.